The van der Waals surface area contributed by atoms with Crippen molar-refractivity contribution in [2.45, 2.75) is 19.1 Å². The molecule has 0 spiro atoms. The molecule has 0 amide bonds. The van der Waals surface area contributed by atoms with Crippen molar-refractivity contribution in [2.24, 2.45) is 11.7 Å². The Labute approximate surface area is 114 Å². The lowest BCUT2D eigenvalue weighted by molar-refractivity contribution is -0.134. The maximum atomic E-state index is 12.4. The molecule has 0 bridgehead atoms. The van der Waals surface area contributed by atoms with Gasteiger partial charge in [-0.15, -0.1) is 23.7 Å². The van der Waals surface area contributed by atoms with E-state index >= 15 is 0 Å². The fraction of sp³-hybridized carbons (Fsp3) is 0.700. The van der Waals surface area contributed by atoms with Crippen LogP contribution in [-0.4, -0.2) is 29.5 Å². The molecule has 0 aromatic carbocycles. The highest BCUT2D eigenvalue weighted by molar-refractivity contribution is 7.11. The molecule has 1 aliphatic rings. The van der Waals surface area contributed by atoms with Crippen LogP contribution in [0.25, 0.3) is 0 Å². The number of halogens is 4. The Hall–Kier alpha value is -0.370. The predicted molar refractivity (Wildman–Crippen MR) is 66.8 cm³/mol. The van der Waals surface area contributed by atoms with Gasteiger partial charge in [0.25, 0.3) is 0 Å². The zero-order valence-corrected chi connectivity index (χ0v) is 11.2. The highest BCUT2D eigenvalue weighted by atomic mass is 35.5. The van der Waals surface area contributed by atoms with Crippen LogP contribution in [0.5, 0.6) is 0 Å². The van der Waals surface area contributed by atoms with Gasteiger partial charge < -0.3 is 5.73 Å². The van der Waals surface area contributed by atoms with E-state index in [-0.39, 0.29) is 12.4 Å². The Balaban J connectivity index is 0.00000162. The number of rotatable bonds is 3. The van der Waals surface area contributed by atoms with E-state index in [1.165, 1.54) is 0 Å². The van der Waals surface area contributed by atoms with Crippen molar-refractivity contribution in [1.29, 1.82) is 0 Å². The molecule has 2 rings (SSSR count). The van der Waals surface area contributed by atoms with Crippen LogP contribution in [-0.2, 0) is 12.7 Å². The molecule has 1 fully saturated rings. The first-order chi connectivity index (χ1) is 7.99. The summed E-state index contributed by atoms with van der Waals surface area (Å²) in [5, 5.41) is 0.523. The Kier molecular flexibility index (Phi) is 5.39. The molecule has 0 saturated carbocycles. The van der Waals surface area contributed by atoms with Gasteiger partial charge in [0, 0.05) is 6.54 Å². The van der Waals surface area contributed by atoms with Crippen LogP contribution in [0.3, 0.4) is 0 Å². The number of likely N-dealkylation sites (tertiary alicyclic amines) is 1. The SMILES string of the molecule is Cl.NCC1CCN(Cc2ncc(C(F)(F)F)s2)C1. The van der Waals surface area contributed by atoms with Gasteiger partial charge in [-0.25, -0.2) is 4.98 Å². The Morgan fingerprint density at radius 3 is 2.72 bits per heavy atom. The van der Waals surface area contributed by atoms with E-state index in [4.69, 9.17) is 5.73 Å². The molecular weight excluding hydrogens is 287 g/mol. The fourth-order valence-corrected chi connectivity index (χ4v) is 2.78. The first kappa shape index (κ1) is 15.7. The molecular formula is C10H15ClF3N3S. The number of nitrogens with two attached hydrogens (primary N) is 1. The maximum absolute atomic E-state index is 12.4. The van der Waals surface area contributed by atoms with E-state index in [1.807, 2.05) is 0 Å². The first-order valence-electron chi connectivity index (χ1n) is 5.43. The van der Waals surface area contributed by atoms with Gasteiger partial charge in [-0.2, -0.15) is 13.2 Å². The summed E-state index contributed by atoms with van der Waals surface area (Å²) in [6, 6.07) is 0. The van der Waals surface area contributed by atoms with Crippen LogP contribution in [0.4, 0.5) is 13.2 Å². The molecule has 1 aliphatic heterocycles. The molecule has 1 atom stereocenters. The topological polar surface area (TPSA) is 42.1 Å². The summed E-state index contributed by atoms with van der Waals surface area (Å²) in [6.07, 6.45) is -2.34. The standard InChI is InChI=1S/C10H14F3N3S.ClH/c11-10(12,13)8-4-15-9(17-8)6-16-2-1-7(3-14)5-16;/h4,7H,1-3,5-6,14H2;1H. The summed E-state index contributed by atoms with van der Waals surface area (Å²) in [4.78, 5) is 5.31. The van der Waals surface area contributed by atoms with Crippen LogP contribution < -0.4 is 5.73 Å². The molecule has 104 valence electrons. The smallest absolute Gasteiger partial charge is 0.330 e. The fourth-order valence-electron chi connectivity index (χ4n) is 1.95. The minimum atomic E-state index is -4.28. The predicted octanol–water partition coefficient (Wildman–Crippen LogP) is 2.36. The van der Waals surface area contributed by atoms with Crippen LogP contribution in [0.2, 0.25) is 0 Å². The van der Waals surface area contributed by atoms with Crippen molar-refractivity contribution in [3.8, 4) is 0 Å². The van der Waals surface area contributed by atoms with Gasteiger partial charge in [-0.05, 0) is 25.4 Å². The van der Waals surface area contributed by atoms with Crippen molar-refractivity contribution in [3.05, 3.63) is 16.1 Å². The van der Waals surface area contributed by atoms with E-state index in [9.17, 15) is 13.2 Å². The Bertz CT molecular complexity index is 383. The highest BCUT2D eigenvalue weighted by Gasteiger charge is 2.33. The van der Waals surface area contributed by atoms with Crippen molar-refractivity contribution in [1.82, 2.24) is 9.88 Å². The maximum Gasteiger partial charge on any atom is 0.427 e. The van der Waals surface area contributed by atoms with Crippen molar-refractivity contribution < 1.29 is 13.2 Å². The van der Waals surface area contributed by atoms with E-state index in [2.05, 4.69) is 9.88 Å². The average molecular weight is 302 g/mol. The molecule has 2 heterocycles. The summed E-state index contributed by atoms with van der Waals surface area (Å²) in [6.45, 7) is 2.89. The van der Waals surface area contributed by atoms with E-state index < -0.39 is 11.1 Å². The van der Waals surface area contributed by atoms with Gasteiger partial charge in [-0.3, -0.25) is 4.90 Å². The minimum absolute atomic E-state index is 0. The number of hydrogen-bond acceptors (Lipinski definition) is 4. The minimum Gasteiger partial charge on any atom is -0.330 e. The summed E-state index contributed by atoms with van der Waals surface area (Å²) in [7, 11) is 0. The summed E-state index contributed by atoms with van der Waals surface area (Å²) in [5.41, 5.74) is 5.56. The Morgan fingerprint density at radius 2 is 2.22 bits per heavy atom. The third-order valence-corrected chi connectivity index (χ3v) is 3.92. The highest BCUT2D eigenvalue weighted by Crippen LogP contribution is 2.33. The van der Waals surface area contributed by atoms with Gasteiger partial charge in [0.15, 0.2) is 0 Å². The molecule has 0 radical (unpaired) electrons. The molecule has 8 heteroatoms. The number of alkyl halides is 3. The van der Waals surface area contributed by atoms with Gasteiger partial charge in [-0.1, -0.05) is 0 Å². The van der Waals surface area contributed by atoms with Gasteiger partial charge in [0.1, 0.15) is 9.88 Å². The zero-order valence-electron chi connectivity index (χ0n) is 9.61. The number of thiazole rings is 1. The lowest BCUT2D eigenvalue weighted by atomic mass is 10.1. The van der Waals surface area contributed by atoms with Crippen molar-refractivity contribution in [3.63, 3.8) is 0 Å². The van der Waals surface area contributed by atoms with E-state index in [1.54, 1.807) is 0 Å². The van der Waals surface area contributed by atoms with Crippen LogP contribution >= 0.6 is 23.7 Å². The summed E-state index contributed by atoms with van der Waals surface area (Å²) >= 11 is 0.726. The average Bonchev–Trinajstić information content (AvgIpc) is 2.86. The molecule has 18 heavy (non-hydrogen) atoms. The van der Waals surface area contributed by atoms with Crippen molar-refractivity contribution >= 4 is 23.7 Å². The van der Waals surface area contributed by atoms with Gasteiger partial charge >= 0.3 is 6.18 Å². The molecule has 1 unspecified atom stereocenters. The van der Waals surface area contributed by atoms with Crippen LogP contribution in [0.1, 0.15) is 16.3 Å². The quantitative estimate of drug-likeness (QED) is 0.932. The number of hydrogen-bond donors (Lipinski definition) is 1. The zero-order chi connectivity index (χ0) is 12.5. The second kappa shape index (κ2) is 6.18. The molecule has 2 N–H and O–H groups in total. The molecule has 1 aromatic rings. The molecule has 1 saturated heterocycles. The third-order valence-electron chi connectivity index (χ3n) is 2.90. The largest absolute Gasteiger partial charge is 0.427 e. The second-order valence-corrected chi connectivity index (χ2v) is 5.36. The normalized spacial score (nSPS) is 21.0. The number of nitrogens with zero attached hydrogens (tertiary/aromatic N) is 2. The summed E-state index contributed by atoms with van der Waals surface area (Å²) in [5.74, 6) is 0.469. The van der Waals surface area contributed by atoms with Gasteiger partial charge in [0.05, 0.1) is 12.7 Å². The molecule has 1 aromatic heterocycles. The van der Waals surface area contributed by atoms with Crippen LogP contribution in [0, 0.1) is 5.92 Å². The lowest BCUT2D eigenvalue weighted by Crippen LogP contribution is -2.22. The van der Waals surface area contributed by atoms with Gasteiger partial charge in [0.2, 0.25) is 0 Å². The summed E-state index contributed by atoms with van der Waals surface area (Å²) < 4.78 is 37.1. The van der Waals surface area contributed by atoms with Crippen LogP contribution in [0.15, 0.2) is 6.20 Å². The lowest BCUT2D eigenvalue weighted by Gasteiger charge is -2.13. The molecule has 0 aliphatic carbocycles. The molecule has 3 nitrogen and oxygen atoms in total. The van der Waals surface area contributed by atoms with E-state index in [0.717, 1.165) is 37.0 Å². The monoisotopic (exact) mass is 301 g/mol. The number of aromatic nitrogens is 1. The third kappa shape index (κ3) is 3.81. The first-order valence-corrected chi connectivity index (χ1v) is 6.25. The second-order valence-electron chi connectivity index (χ2n) is 4.24. The Morgan fingerprint density at radius 1 is 1.50 bits per heavy atom. The van der Waals surface area contributed by atoms with Crippen molar-refractivity contribution in [2.75, 3.05) is 19.6 Å². The van der Waals surface area contributed by atoms with E-state index in [0.29, 0.717) is 24.0 Å².